The van der Waals surface area contributed by atoms with Gasteiger partial charge < -0.3 is 10.7 Å². The Labute approximate surface area is 75.3 Å². The van der Waals surface area contributed by atoms with Crippen LogP contribution < -0.4 is 5.73 Å². The van der Waals surface area contributed by atoms with Gasteiger partial charge in [-0.1, -0.05) is 13.8 Å². The fraction of sp³-hybridized carbons (Fsp3) is 0.500. The Balaban J connectivity index is 2.84. The average Bonchev–Trinajstić information content (AvgIpc) is 2.33. The second-order valence-corrected chi connectivity index (χ2v) is 3.86. The highest BCUT2D eigenvalue weighted by Gasteiger charge is 2.13. The van der Waals surface area contributed by atoms with Crippen molar-refractivity contribution < 1.29 is 0 Å². The van der Waals surface area contributed by atoms with Gasteiger partial charge in [-0.15, -0.1) is 0 Å². The minimum absolute atomic E-state index is 0.0966. The molecular weight excluding hydrogens is 204 g/mol. The summed E-state index contributed by atoms with van der Waals surface area (Å²) < 4.78 is 1.07. The van der Waals surface area contributed by atoms with Crippen LogP contribution in [0.1, 0.15) is 25.6 Å². The third-order valence-electron chi connectivity index (χ3n) is 1.78. The summed E-state index contributed by atoms with van der Waals surface area (Å²) in [6.07, 6.45) is 1.89. The van der Waals surface area contributed by atoms with E-state index >= 15 is 0 Å². The Morgan fingerprint density at radius 1 is 1.55 bits per heavy atom. The van der Waals surface area contributed by atoms with Gasteiger partial charge in [-0.25, -0.2) is 0 Å². The second kappa shape index (κ2) is 3.41. The number of nitrogens with one attached hydrogen (secondary N) is 1. The van der Waals surface area contributed by atoms with E-state index in [4.69, 9.17) is 5.73 Å². The van der Waals surface area contributed by atoms with Crippen LogP contribution in [-0.2, 0) is 0 Å². The fourth-order valence-corrected chi connectivity index (χ4v) is 1.46. The molecule has 1 rings (SSSR count). The smallest absolute Gasteiger partial charge is 0.0482 e. The lowest BCUT2D eigenvalue weighted by molar-refractivity contribution is 0.503. The quantitative estimate of drug-likeness (QED) is 0.784. The number of rotatable bonds is 2. The number of aromatic nitrogens is 1. The molecule has 0 aromatic carbocycles. The maximum Gasteiger partial charge on any atom is 0.0482 e. The largest absolute Gasteiger partial charge is 0.363 e. The molecule has 0 saturated heterocycles. The molecule has 2 nitrogen and oxygen atoms in total. The van der Waals surface area contributed by atoms with Gasteiger partial charge in [0.1, 0.15) is 0 Å². The summed E-state index contributed by atoms with van der Waals surface area (Å²) in [5.41, 5.74) is 7.01. The lowest BCUT2D eigenvalue weighted by Gasteiger charge is -2.14. The average molecular weight is 217 g/mol. The van der Waals surface area contributed by atoms with Crippen molar-refractivity contribution in [2.45, 2.75) is 19.9 Å². The van der Waals surface area contributed by atoms with E-state index in [-0.39, 0.29) is 6.04 Å². The minimum Gasteiger partial charge on any atom is -0.363 e. The van der Waals surface area contributed by atoms with Crippen LogP contribution in [0.15, 0.2) is 16.7 Å². The molecule has 0 radical (unpaired) electrons. The first-order valence-electron chi connectivity index (χ1n) is 3.71. The number of halogens is 1. The second-order valence-electron chi connectivity index (χ2n) is 3.01. The summed E-state index contributed by atoms with van der Waals surface area (Å²) in [5, 5.41) is 0. The summed E-state index contributed by atoms with van der Waals surface area (Å²) >= 11 is 3.42. The normalized spacial score (nSPS) is 13.9. The van der Waals surface area contributed by atoms with Crippen molar-refractivity contribution >= 4 is 15.9 Å². The van der Waals surface area contributed by atoms with Crippen molar-refractivity contribution in [3.63, 3.8) is 0 Å². The maximum atomic E-state index is 5.92. The molecule has 0 fully saturated rings. The number of H-pyrrole nitrogens is 1. The van der Waals surface area contributed by atoms with Crippen molar-refractivity contribution in [1.82, 2.24) is 4.98 Å². The Morgan fingerprint density at radius 2 is 2.18 bits per heavy atom. The van der Waals surface area contributed by atoms with Gasteiger partial charge in [-0.2, -0.15) is 0 Å². The van der Waals surface area contributed by atoms with Gasteiger partial charge in [-0.3, -0.25) is 0 Å². The molecule has 0 spiro atoms. The van der Waals surface area contributed by atoms with E-state index in [0.29, 0.717) is 5.92 Å². The summed E-state index contributed by atoms with van der Waals surface area (Å²) in [7, 11) is 0. The van der Waals surface area contributed by atoms with Gasteiger partial charge >= 0.3 is 0 Å². The molecule has 3 N–H and O–H groups in total. The molecule has 1 aromatic heterocycles. The Kier molecular flexibility index (Phi) is 2.73. The molecule has 0 saturated carbocycles. The third-order valence-corrected chi connectivity index (χ3v) is 2.47. The van der Waals surface area contributed by atoms with Gasteiger partial charge in [0.15, 0.2) is 0 Å². The zero-order valence-electron chi connectivity index (χ0n) is 6.76. The number of hydrogen-bond acceptors (Lipinski definition) is 1. The van der Waals surface area contributed by atoms with Crippen molar-refractivity contribution in [1.29, 1.82) is 0 Å². The molecule has 0 bridgehead atoms. The van der Waals surface area contributed by atoms with Crippen molar-refractivity contribution in [3.8, 4) is 0 Å². The summed E-state index contributed by atoms with van der Waals surface area (Å²) in [6.45, 7) is 4.22. The van der Waals surface area contributed by atoms with E-state index < -0.39 is 0 Å². The molecule has 0 amide bonds. The first kappa shape index (κ1) is 8.81. The summed E-state index contributed by atoms with van der Waals surface area (Å²) in [4.78, 5) is 3.11. The SMILES string of the molecule is CC(C)[C@H](N)c1[nH]ccc1Br. The lowest BCUT2D eigenvalue weighted by atomic mass is 10.0. The zero-order chi connectivity index (χ0) is 8.43. The molecule has 62 valence electrons. The highest BCUT2D eigenvalue weighted by Crippen LogP contribution is 2.24. The first-order chi connectivity index (χ1) is 5.13. The van der Waals surface area contributed by atoms with Gasteiger partial charge in [0.05, 0.1) is 0 Å². The van der Waals surface area contributed by atoms with Crippen molar-refractivity contribution in [3.05, 3.63) is 22.4 Å². The van der Waals surface area contributed by atoms with Crippen molar-refractivity contribution in [2.75, 3.05) is 0 Å². The molecular formula is C8H13BrN2. The first-order valence-corrected chi connectivity index (χ1v) is 4.50. The topological polar surface area (TPSA) is 41.8 Å². The van der Waals surface area contributed by atoms with Crippen LogP contribution in [0.3, 0.4) is 0 Å². The van der Waals surface area contributed by atoms with Crippen LogP contribution >= 0.6 is 15.9 Å². The third kappa shape index (κ3) is 1.84. The molecule has 3 heteroatoms. The van der Waals surface area contributed by atoms with E-state index in [0.717, 1.165) is 10.2 Å². The maximum absolute atomic E-state index is 5.92. The van der Waals surface area contributed by atoms with Crippen LogP contribution in [0.2, 0.25) is 0 Å². The molecule has 1 aromatic rings. The number of hydrogen-bond donors (Lipinski definition) is 2. The minimum atomic E-state index is 0.0966. The molecule has 0 aliphatic carbocycles. The predicted molar refractivity (Wildman–Crippen MR) is 50.3 cm³/mol. The van der Waals surface area contributed by atoms with E-state index in [2.05, 4.69) is 34.8 Å². The van der Waals surface area contributed by atoms with Gasteiger partial charge in [0.25, 0.3) is 0 Å². The highest BCUT2D eigenvalue weighted by atomic mass is 79.9. The number of aromatic amines is 1. The van der Waals surface area contributed by atoms with Crippen LogP contribution in [0.4, 0.5) is 0 Å². The summed E-state index contributed by atoms with van der Waals surface area (Å²) in [6, 6.07) is 2.07. The van der Waals surface area contributed by atoms with Gasteiger partial charge in [0.2, 0.25) is 0 Å². The Bertz CT molecular complexity index is 230. The van der Waals surface area contributed by atoms with E-state index in [1.54, 1.807) is 0 Å². The molecule has 0 aliphatic rings. The Morgan fingerprint density at radius 3 is 2.55 bits per heavy atom. The highest BCUT2D eigenvalue weighted by molar-refractivity contribution is 9.10. The number of nitrogens with two attached hydrogens (primary N) is 1. The predicted octanol–water partition coefficient (Wildman–Crippen LogP) is 2.43. The van der Waals surface area contributed by atoms with Crippen LogP contribution in [-0.4, -0.2) is 4.98 Å². The van der Waals surface area contributed by atoms with Gasteiger partial charge in [0, 0.05) is 22.4 Å². The Hall–Kier alpha value is -0.280. The van der Waals surface area contributed by atoms with Crippen LogP contribution in [0, 0.1) is 5.92 Å². The standard InChI is InChI=1S/C8H13BrN2/c1-5(2)7(10)8-6(9)3-4-11-8/h3-5,7,11H,10H2,1-2H3/t7-/m0/s1. The van der Waals surface area contributed by atoms with Gasteiger partial charge in [-0.05, 0) is 27.9 Å². The molecule has 0 aliphatic heterocycles. The fourth-order valence-electron chi connectivity index (χ4n) is 0.952. The molecule has 1 heterocycles. The van der Waals surface area contributed by atoms with Crippen LogP contribution in [0.25, 0.3) is 0 Å². The lowest BCUT2D eigenvalue weighted by Crippen LogP contribution is -2.17. The molecule has 11 heavy (non-hydrogen) atoms. The summed E-state index contributed by atoms with van der Waals surface area (Å²) in [5.74, 6) is 0.463. The van der Waals surface area contributed by atoms with E-state index in [1.165, 1.54) is 0 Å². The monoisotopic (exact) mass is 216 g/mol. The van der Waals surface area contributed by atoms with E-state index in [9.17, 15) is 0 Å². The van der Waals surface area contributed by atoms with Crippen LogP contribution in [0.5, 0.6) is 0 Å². The van der Waals surface area contributed by atoms with E-state index in [1.807, 2.05) is 12.3 Å². The molecule has 0 unspecified atom stereocenters. The zero-order valence-corrected chi connectivity index (χ0v) is 8.35. The van der Waals surface area contributed by atoms with Crippen molar-refractivity contribution in [2.24, 2.45) is 11.7 Å². The molecule has 1 atom stereocenters.